The van der Waals surface area contributed by atoms with Crippen LogP contribution in [-0.2, 0) is 0 Å². The number of furan rings is 1. The number of fused-ring (bicyclic) bond motifs is 7. The molecule has 10 rings (SSSR count). The summed E-state index contributed by atoms with van der Waals surface area (Å²) in [4.78, 5) is 0. The molecule has 0 atom stereocenters. The van der Waals surface area contributed by atoms with Crippen molar-refractivity contribution in [1.29, 1.82) is 0 Å². The van der Waals surface area contributed by atoms with Crippen molar-refractivity contribution in [2.75, 3.05) is 0 Å². The molecule has 9 aromatic carbocycles. The zero-order chi connectivity index (χ0) is 30.9. The highest BCUT2D eigenvalue weighted by molar-refractivity contribution is 6.22. The van der Waals surface area contributed by atoms with Gasteiger partial charge in [0.15, 0.2) is 0 Å². The van der Waals surface area contributed by atoms with Crippen molar-refractivity contribution in [2.24, 2.45) is 0 Å². The maximum Gasteiger partial charge on any atom is 0.136 e. The molecule has 0 unspecified atom stereocenters. The summed E-state index contributed by atoms with van der Waals surface area (Å²) < 4.78 is 6.20. The maximum absolute atomic E-state index is 6.20. The van der Waals surface area contributed by atoms with Crippen LogP contribution in [-0.4, -0.2) is 0 Å². The summed E-state index contributed by atoms with van der Waals surface area (Å²) in [5, 5.41) is 12.3. The van der Waals surface area contributed by atoms with Crippen LogP contribution < -0.4 is 0 Å². The molecule has 1 heterocycles. The number of rotatable bonds is 3. The lowest BCUT2D eigenvalue weighted by Crippen LogP contribution is -1.91. The molecule has 0 amide bonds. The van der Waals surface area contributed by atoms with Crippen molar-refractivity contribution in [3.63, 3.8) is 0 Å². The number of benzene rings is 9. The lowest BCUT2D eigenvalue weighted by atomic mass is 9.85. The van der Waals surface area contributed by atoms with Crippen LogP contribution in [0.15, 0.2) is 174 Å². The molecule has 10 aromatic rings. The molecular formula is C46H28O. The number of hydrogen-bond donors (Lipinski definition) is 0. The van der Waals surface area contributed by atoms with Crippen LogP contribution in [0.5, 0.6) is 0 Å². The first-order chi connectivity index (χ1) is 23.3. The summed E-state index contributed by atoms with van der Waals surface area (Å²) in [6.07, 6.45) is 0. The average molecular weight is 597 g/mol. The van der Waals surface area contributed by atoms with Crippen LogP contribution in [0.1, 0.15) is 0 Å². The van der Waals surface area contributed by atoms with Crippen LogP contribution in [0.4, 0.5) is 0 Å². The van der Waals surface area contributed by atoms with E-state index in [1.165, 1.54) is 76.5 Å². The summed E-state index contributed by atoms with van der Waals surface area (Å²) >= 11 is 0. The van der Waals surface area contributed by atoms with Gasteiger partial charge in [-0.15, -0.1) is 0 Å². The van der Waals surface area contributed by atoms with Crippen molar-refractivity contribution >= 4 is 65.0 Å². The standard InChI is InChI=1S/C46H28O/c1-2-10-32-25-33(22-19-29(32)9-1)30-17-20-31(21-18-30)45-38-12-3-5-14-40(38)46(41-15-6-4-13-39(41)45)35-24-23-34-28-44-42(27-36(34)26-35)37-11-7-8-16-43(37)47-44/h1-28H. The van der Waals surface area contributed by atoms with E-state index in [0.29, 0.717) is 0 Å². The van der Waals surface area contributed by atoms with Gasteiger partial charge >= 0.3 is 0 Å². The third kappa shape index (κ3) is 4.10. The molecule has 0 aliphatic rings. The Morgan fingerprint density at radius 2 is 0.745 bits per heavy atom. The minimum atomic E-state index is 0.927. The van der Waals surface area contributed by atoms with Crippen molar-refractivity contribution in [1.82, 2.24) is 0 Å². The average Bonchev–Trinajstić information content (AvgIpc) is 3.50. The lowest BCUT2D eigenvalue weighted by molar-refractivity contribution is 0.669. The second-order valence-electron chi connectivity index (χ2n) is 12.5. The first-order valence-corrected chi connectivity index (χ1v) is 16.2. The van der Waals surface area contributed by atoms with E-state index < -0.39 is 0 Å². The second kappa shape index (κ2) is 10.2. The van der Waals surface area contributed by atoms with E-state index in [1.807, 2.05) is 12.1 Å². The van der Waals surface area contributed by atoms with E-state index >= 15 is 0 Å². The van der Waals surface area contributed by atoms with E-state index in [0.717, 1.165) is 21.9 Å². The van der Waals surface area contributed by atoms with Gasteiger partial charge < -0.3 is 4.42 Å². The largest absolute Gasteiger partial charge is 0.456 e. The fourth-order valence-corrected chi connectivity index (χ4v) is 7.57. The van der Waals surface area contributed by atoms with Gasteiger partial charge in [-0.2, -0.15) is 0 Å². The minimum Gasteiger partial charge on any atom is -0.456 e. The van der Waals surface area contributed by atoms with Crippen molar-refractivity contribution in [2.45, 2.75) is 0 Å². The van der Waals surface area contributed by atoms with E-state index in [4.69, 9.17) is 4.42 Å². The van der Waals surface area contributed by atoms with E-state index in [-0.39, 0.29) is 0 Å². The highest BCUT2D eigenvalue weighted by Crippen LogP contribution is 2.45. The van der Waals surface area contributed by atoms with Crippen LogP contribution in [0.3, 0.4) is 0 Å². The lowest BCUT2D eigenvalue weighted by Gasteiger charge is -2.18. The third-order valence-electron chi connectivity index (χ3n) is 9.81. The number of hydrogen-bond acceptors (Lipinski definition) is 1. The van der Waals surface area contributed by atoms with Crippen LogP contribution >= 0.6 is 0 Å². The van der Waals surface area contributed by atoms with Crippen molar-refractivity contribution < 1.29 is 4.42 Å². The molecule has 1 heteroatoms. The van der Waals surface area contributed by atoms with Gasteiger partial charge in [-0.05, 0) is 107 Å². The minimum absolute atomic E-state index is 0.927. The fourth-order valence-electron chi connectivity index (χ4n) is 7.57. The van der Waals surface area contributed by atoms with Gasteiger partial charge in [-0.1, -0.05) is 140 Å². The van der Waals surface area contributed by atoms with Crippen LogP contribution in [0, 0.1) is 0 Å². The van der Waals surface area contributed by atoms with Gasteiger partial charge in [0.1, 0.15) is 11.2 Å². The highest BCUT2D eigenvalue weighted by atomic mass is 16.3. The summed E-state index contributed by atoms with van der Waals surface area (Å²) in [7, 11) is 0. The second-order valence-corrected chi connectivity index (χ2v) is 12.5. The number of para-hydroxylation sites is 1. The third-order valence-corrected chi connectivity index (χ3v) is 9.81. The van der Waals surface area contributed by atoms with Gasteiger partial charge in [0.25, 0.3) is 0 Å². The molecule has 47 heavy (non-hydrogen) atoms. The summed E-state index contributed by atoms with van der Waals surface area (Å²) in [6, 6.07) is 61.7. The molecule has 0 radical (unpaired) electrons. The van der Waals surface area contributed by atoms with Gasteiger partial charge in [-0.3, -0.25) is 0 Å². The topological polar surface area (TPSA) is 13.1 Å². The molecule has 0 saturated carbocycles. The molecule has 0 fully saturated rings. The van der Waals surface area contributed by atoms with Gasteiger partial charge in [0.05, 0.1) is 0 Å². The van der Waals surface area contributed by atoms with Crippen LogP contribution in [0.2, 0.25) is 0 Å². The van der Waals surface area contributed by atoms with E-state index in [1.54, 1.807) is 0 Å². The van der Waals surface area contributed by atoms with Gasteiger partial charge in [-0.25, -0.2) is 0 Å². The Bertz CT molecular complexity index is 2780. The molecule has 0 aliphatic heterocycles. The molecule has 0 saturated heterocycles. The van der Waals surface area contributed by atoms with E-state index in [9.17, 15) is 0 Å². The smallest absolute Gasteiger partial charge is 0.136 e. The first-order valence-electron chi connectivity index (χ1n) is 16.2. The first kappa shape index (κ1) is 26.1. The summed E-state index contributed by atoms with van der Waals surface area (Å²) in [5.74, 6) is 0. The normalized spacial score (nSPS) is 11.8. The van der Waals surface area contributed by atoms with Crippen molar-refractivity contribution in [3.05, 3.63) is 170 Å². The maximum atomic E-state index is 6.20. The molecule has 218 valence electrons. The quantitative estimate of drug-likeness (QED) is 0.185. The predicted octanol–water partition coefficient (Wildman–Crippen LogP) is 13.2. The Labute approximate surface area is 271 Å². The SMILES string of the molecule is c1ccc2cc(-c3ccc(-c4c5ccccc5c(-c5ccc6cc7oc8ccccc8c7cc6c5)c5ccccc45)cc3)ccc2c1. The Kier molecular flexibility index (Phi) is 5.64. The molecule has 0 N–H and O–H groups in total. The van der Waals surface area contributed by atoms with E-state index in [2.05, 4.69) is 158 Å². The Morgan fingerprint density at radius 3 is 1.47 bits per heavy atom. The fraction of sp³-hybridized carbons (Fsp3) is 0. The van der Waals surface area contributed by atoms with Gasteiger partial charge in [0, 0.05) is 10.8 Å². The monoisotopic (exact) mass is 596 g/mol. The van der Waals surface area contributed by atoms with Crippen LogP contribution in [0.25, 0.3) is 98.4 Å². The predicted molar refractivity (Wildman–Crippen MR) is 200 cm³/mol. The molecule has 0 bridgehead atoms. The highest BCUT2D eigenvalue weighted by Gasteiger charge is 2.17. The summed E-state index contributed by atoms with van der Waals surface area (Å²) in [5.41, 5.74) is 9.30. The Hall–Kier alpha value is -6.18. The molecule has 0 spiro atoms. The van der Waals surface area contributed by atoms with Crippen molar-refractivity contribution in [3.8, 4) is 33.4 Å². The Morgan fingerprint density at radius 1 is 0.255 bits per heavy atom. The molecule has 1 aromatic heterocycles. The zero-order valence-electron chi connectivity index (χ0n) is 25.6. The van der Waals surface area contributed by atoms with Gasteiger partial charge in [0.2, 0.25) is 0 Å². The Balaban J connectivity index is 1.16. The molecular weight excluding hydrogens is 569 g/mol. The summed E-state index contributed by atoms with van der Waals surface area (Å²) in [6.45, 7) is 0. The molecule has 0 aliphatic carbocycles. The zero-order valence-corrected chi connectivity index (χ0v) is 25.6. The molecule has 1 nitrogen and oxygen atoms in total.